The molecule has 0 aliphatic rings. The van der Waals surface area contributed by atoms with Crippen LogP contribution >= 0.6 is 11.8 Å². The lowest BCUT2D eigenvalue weighted by molar-refractivity contribution is 0.101. The summed E-state index contributed by atoms with van der Waals surface area (Å²) in [5, 5.41) is 6.96. The Morgan fingerprint density at radius 3 is 2.54 bits per heavy atom. The third kappa shape index (κ3) is 4.17. The van der Waals surface area contributed by atoms with E-state index in [9.17, 15) is 14.4 Å². The summed E-state index contributed by atoms with van der Waals surface area (Å²) in [4.78, 5) is 39.5. The van der Waals surface area contributed by atoms with Gasteiger partial charge in [0.1, 0.15) is 0 Å². The second kappa shape index (κ2) is 8.43. The highest BCUT2D eigenvalue weighted by molar-refractivity contribution is 7.99. The quantitative estimate of drug-likeness (QED) is 0.449. The zero-order valence-corrected chi connectivity index (χ0v) is 16.9. The number of aromatic amines is 2. The average molecular weight is 398 g/mol. The van der Waals surface area contributed by atoms with Gasteiger partial charge in [0.25, 0.3) is 0 Å². The third-order valence-electron chi connectivity index (χ3n) is 4.59. The summed E-state index contributed by atoms with van der Waals surface area (Å²) in [5.41, 5.74) is 3.18. The second-order valence-corrected chi connectivity index (χ2v) is 7.53. The van der Waals surface area contributed by atoms with Gasteiger partial charge in [-0.2, -0.15) is 0 Å². The van der Waals surface area contributed by atoms with E-state index in [0.717, 1.165) is 5.56 Å². The van der Waals surface area contributed by atoms with Gasteiger partial charge in [0.15, 0.2) is 16.7 Å². The molecule has 0 spiro atoms. The van der Waals surface area contributed by atoms with Crippen LogP contribution < -0.4 is 5.69 Å². The number of Topliss-reactive ketones (excluding diaryl/α,β-unsaturated/α-hetero) is 2. The fraction of sp³-hybridized carbons (Fsp3) is 0.300. The number of H-pyrrole nitrogens is 2. The zero-order chi connectivity index (χ0) is 20.3. The summed E-state index contributed by atoms with van der Waals surface area (Å²) in [6.07, 6.45) is 0.693. The van der Waals surface area contributed by atoms with Crippen molar-refractivity contribution >= 4 is 23.3 Å². The van der Waals surface area contributed by atoms with Gasteiger partial charge in [0, 0.05) is 17.8 Å². The van der Waals surface area contributed by atoms with Crippen molar-refractivity contribution in [1.82, 2.24) is 19.7 Å². The van der Waals surface area contributed by atoms with Crippen LogP contribution in [0.1, 0.15) is 44.6 Å². The molecule has 0 unspecified atom stereocenters. The molecule has 0 aliphatic carbocycles. The fourth-order valence-electron chi connectivity index (χ4n) is 3.26. The number of carbonyl (C=O) groups is 2. The largest absolute Gasteiger partial charge is 0.355 e. The van der Waals surface area contributed by atoms with E-state index in [4.69, 9.17) is 0 Å². The number of thioether (sulfide) groups is 1. The molecule has 7 nitrogen and oxygen atoms in total. The number of hydrogen-bond acceptors (Lipinski definition) is 5. The van der Waals surface area contributed by atoms with E-state index in [1.165, 1.54) is 18.7 Å². The van der Waals surface area contributed by atoms with E-state index in [-0.39, 0.29) is 23.0 Å². The van der Waals surface area contributed by atoms with Crippen molar-refractivity contribution in [2.45, 2.75) is 38.9 Å². The first-order valence-electron chi connectivity index (χ1n) is 8.93. The van der Waals surface area contributed by atoms with E-state index < -0.39 is 0 Å². The molecular weight excluding hydrogens is 376 g/mol. The first kappa shape index (κ1) is 19.9. The molecule has 3 aromatic rings. The molecule has 0 saturated heterocycles. The average Bonchev–Trinajstić information content (AvgIpc) is 3.17. The first-order chi connectivity index (χ1) is 13.4. The fourth-order valence-corrected chi connectivity index (χ4v) is 4.10. The van der Waals surface area contributed by atoms with Crippen molar-refractivity contribution in [3.05, 3.63) is 68.9 Å². The molecular formula is C20H22N4O3S. The molecule has 2 aromatic heterocycles. The Balaban J connectivity index is 1.70. The smallest absolute Gasteiger partial charge is 0.343 e. The molecule has 2 heterocycles. The van der Waals surface area contributed by atoms with Crippen LogP contribution in [0.2, 0.25) is 0 Å². The number of nitrogens with one attached hydrogen (secondary N) is 2. The van der Waals surface area contributed by atoms with Gasteiger partial charge >= 0.3 is 5.69 Å². The molecule has 0 saturated carbocycles. The Kier molecular flexibility index (Phi) is 5.99. The molecule has 8 heteroatoms. The molecule has 0 fully saturated rings. The molecule has 2 N–H and O–H groups in total. The van der Waals surface area contributed by atoms with E-state index >= 15 is 0 Å². The number of carbonyl (C=O) groups excluding carboxylic acids is 2. The van der Waals surface area contributed by atoms with E-state index in [0.29, 0.717) is 40.6 Å². The van der Waals surface area contributed by atoms with Gasteiger partial charge in [-0.05, 0) is 38.3 Å². The predicted molar refractivity (Wildman–Crippen MR) is 108 cm³/mol. The first-order valence-corrected chi connectivity index (χ1v) is 9.92. The highest BCUT2D eigenvalue weighted by Crippen LogP contribution is 2.22. The van der Waals surface area contributed by atoms with Gasteiger partial charge in [-0.15, -0.1) is 5.10 Å². The van der Waals surface area contributed by atoms with Crippen molar-refractivity contribution in [3.8, 4) is 0 Å². The standard InChI is InChI=1S/C20H22N4O3S/c1-12-17(14(3)25)13(2)21-18(12)16(26)11-28-20-23-22-19(27)24(20)10-9-15-7-5-4-6-8-15/h4-8,21H,9-11H2,1-3H3,(H,22,27). The lowest BCUT2D eigenvalue weighted by Crippen LogP contribution is -2.19. The molecule has 0 bridgehead atoms. The van der Waals surface area contributed by atoms with Crippen molar-refractivity contribution < 1.29 is 9.59 Å². The summed E-state index contributed by atoms with van der Waals surface area (Å²) < 4.78 is 1.54. The van der Waals surface area contributed by atoms with Crippen LogP contribution in [0.4, 0.5) is 0 Å². The van der Waals surface area contributed by atoms with Crippen LogP contribution in [0.15, 0.2) is 40.3 Å². The minimum atomic E-state index is -0.295. The highest BCUT2D eigenvalue weighted by atomic mass is 32.2. The zero-order valence-electron chi connectivity index (χ0n) is 16.0. The third-order valence-corrected chi connectivity index (χ3v) is 5.57. The molecule has 0 amide bonds. The molecule has 146 valence electrons. The SMILES string of the molecule is CC(=O)c1c(C)[nH]c(C(=O)CSc2n[nH]c(=O)n2CCc2ccccc2)c1C. The van der Waals surface area contributed by atoms with Gasteiger partial charge in [-0.3, -0.25) is 14.2 Å². The topological polar surface area (TPSA) is 101 Å². The minimum Gasteiger partial charge on any atom is -0.355 e. The van der Waals surface area contributed by atoms with Crippen molar-refractivity contribution in [3.63, 3.8) is 0 Å². The lowest BCUT2D eigenvalue weighted by Gasteiger charge is -2.05. The van der Waals surface area contributed by atoms with Crippen molar-refractivity contribution in [2.24, 2.45) is 0 Å². The Morgan fingerprint density at radius 1 is 1.18 bits per heavy atom. The molecule has 0 atom stereocenters. The van der Waals surface area contributed by atoms with Crippen molar-refractivity contribution in [2.75, 3.05) is 5.75 Å². The lowest BCUT2D eigenvalue weighted by atomic mass is 10.1. The van der Waals surface area contributed by atoms with Gasteiger partial charge in [0.2, 0.25) is 0 Å². The number of hydrogen-bond donors (Lipinski definition) is 2. The number of aromatic nitrogens is 4. The molecule has 28 heavy (non-hydrogen) atoms. The van der Waals surface area contributed by atoms with Crippen LogP contribution in [0.25, 0.3) is 0 Å². The second-order valence-electron chi connectivity index (χ2n) is 6.59. The van der Waals surface area contributed by atoms with Crippen molar-refractivity contribution in [1.29, 1.82) is 0 Å². The Morgan fingerprint density at radius 2 is 1.89 bits per heavy atom. The maximum atomic E-state index is 12.6. The Hall–Kier alpha value is -2.87. The maximum Gasteiger partial charge on any atom is 0.343 e. The number of benzene rings is 1. The van der Waals surface area contributed by atoms with E-state index in [2.05, 4.69) is 15.2 Å². The molecule has 0 aliphatic heterocycles. The van der Waals surface area contributed by atoms with Gasteiger partial charge in [-0.1, -0.05) is 42.1 Å². The van der Waals surface area contributed by atoms with Crippen LogP contribution in [0, 0.1) is 13.8 Å². The molecule has 0 radical (unpaired) electrons. The normalized spacial score (nSPS) is 11.0. The Bertz CT molecular complexity index is 1060. The number of aryl methyl sites for hydroxylation is 2. The van der Waals surface area contributed by atoms with Gasteiger partial charge in [-0.25, -0.2) is 9.89 Å². The number of ketones is 2. The van der Waals surface area contributed by atoms with E-state index in [1.54, 1.807) is 18.4 Å². The Labute approximate surface area is 166 Å². The predicted octanol–water partition coefficient (Wildman–Crippen LogP) is 2.94. The van der Waals surface area contributed by atoms with Crippen LogP contribution in [-0.2, 0) is 13.0 Å². The van der Waals surface area contributed by atoms with E-state index in [1.807, 2.05) is 30.3 Å². The van der Waals surface area contributed by atoms with Gasteiger partial charge < -0.3 is 4.98 Å². The van der Waals surface area contributed by atoms with Crippen LogP contribution in [0.3, 0.4) is 0 Å². The summed E-state index contributed by atoms with van der Waals surface area (Å²) >= 11 is 1.20. The summed E-state index contributed by atoms with van der Waals surface area (Å²) in [6, 6.07) is 9.87. The molecule has 1 aromatic carbocycles. The van der Waals surface area contributed by atoms with Gasteiger partial charge in [0.05, 0.1) is 11.4 Å². The van der Waals surface area contributed by atoms with Crippen LogP contribution in [0.5, 0.6) is 0 Å². The highest BCUT2D eigenvalue weighted by Gasteiger charge is 2.20. The molecule has 3 rings (SSSR count). The summed E-state index contributed by atoms with van der Waals surface area (Å²) in [7, 11) is 0. The van der Waals surface area contributed by atoms with Crippen LogP contribution in [-0.4, -0.2) is 37.1 Å². The summed E-state index contributed by atoms with van der Waals surface area (Å²) in [5.74, 6) is -0.0866. The monoisotopic (exact) mass is 398 g/mol. The number of nitrogens with zero attached hydrogens (tertiary/aromatic N) is 2. The summed E-state index contributed by atoms with van der Waals surface area (Å²) in [6.45, 7) is 5.51. The minimum absolute atomic E-state index is 0.0694. The maximum absolute atomic E-state index is 12.6. The number of rotatable bonds is 8.